The second-order valence-electron chi connectivity index (χ2n) is 4.82. The maximum Gasteiger partial charge on any atom is 0.136 e. The Morgan fingerprint density at radius 1 is 1.47 bits per heavy atom. The summed E-state index contributed by atoms with van der Waals surface area (Å²) in [4.78, 5) is 11.7. The maximum atomic E-state index is 11.7. The zero-order valence-electron chi connectivity index (χ0n) is 10.5. The normalized spacial score (nSPS) is 24.2. The molecule has 0 bridgehead atoms. The highest BCUT2D eigenvalue weighted by Crippen LogP contribution is 2.37. The van der Waals surface area contributed by atoms with Gasteiger partial charge in [-0.25, -0.2) is 0 Å². The molecule has 1 aliphatic heterocycles. The molecule has 0 aromatic heterocycles. The fourth-order valence-electron chi connectivity index (χ4n) is 2.10. The second-order valence-corrected chi connectivity index (χ2v) is 4.82. The summed E-state index contributed by atoms with van der Waals surface area (Å²) in [6.45, 7) is 4.33. The lowest BCUT2D eigenvalue weighted by molar-refractivity contribution is -0.122. The summed E-state index contributed by atoms with van der Waals surface area (Å²) in [5.74, 6) is 0.985. The quantitative estimate of drug-likeness (QED) is 0.733. The number of epoxide rings is 1. The predicted octanol–water partition coefficient (Wildman–Crippen LogP) is 2.23. The molecule has 0 saturated carbocycles. The molecule has 0 amide bonds. The molecule has 2 atom stereocenters. The first-order valence-electron chi connectivity index (χ1n) is 5.82. The van der Waals surface area contributed by atoms with E-state index in [0.717, 1.165) is 17.7 Å². The van der Waals surface area contributed by atoms with Crippen molar-refractivity contribution in [3.8, 4) is 5.75 Å². The van der Waals surface area contributed by atoms with Gasteiger partial charge in [0.1, 0.15) is 11.5 Å². The fourth-order valence-corrected chi connectivity index (χ4v) is 2.10. The van der Waals surface area contributed by atoms with Gasteiger partial charge in [0.05, 0.1) is 25.2 Å². The molecule has 0 aliphatic carbocycles. The second kappa shape index (κ2) is 4.49. The molecule has 2 rings (SSSR count). The summed E-state index contributed by atoms with van der Waals surface area (Å²) in [6, 6.07) is 7.84. The van der Waals surface area contributed by atoms with E-state index in [9.17, 15) is 4.79 Å². The van der Waals surface area contributed by atoms with Crippen molar-refractivity contribution in [1.29, 1.82) is 0 Å². The van der Waals surface area contributed by atoms with E-state index in [1.165, 1.54) is 0 Å². The van der Waals surface area contributed by atoms with Gasteiger partial charge in [0.2, 0.25) is 0 Å². The van der Waals surface area contributed by atoms with Crippen molar-refractivity contribution in [3.63, 3.8) is 0 Å². The molecule has 17 heavy (non-hydrogen) atoms. The van der Waals surface area contributed by atoms with E-state index in [1.807, 2.05) is 31.2 Å². The molecule has 1 saturated heterocycles. The van der Waals surface area contributed by atoms with Crippen LogP contribution in [0.2, 0.25) is 0 Å². The Bertz CT molecular complexity index is 404. The van der Waals surface area contributed by atoms with Crippen LogP contribution in [0.25, 0.3) is 0 Å². The Kier molecular flexibility index (Phi) is 3.20. The monoisotopic (exact) mass is 234 g/mol. The van der Waals surface area contributed by atoms with Crippen LogP contribution in [-0.2, 0) is 16.0 Å². The molecule has 1 aromatic carbocycles. The first-order valence-corrected chi connectivity index (χ1v) is 5.82. The molecule has 0 radical (unpaired) electrons. The summed E-state index contributed by atoms with van der Waals surface area (Å²) in [5.41, 5.74) is 0.897. The topological polar surface area (TPSA) is 38.8 Å². The SMILES string of the molecule is COc1ccc(CC(C(C)=O)C2(C)CO2)cc1. The maximum absolute atomic E-state index is 11.7. The van der Waals surface area contributed by atoms with Gasteiger partial charge in [0, 0.05) is 0 Å². The number of methoxy groups -OCH3 is 1. The Morgan fingerprint density at radius 3 is 2.47 bits per heavy atom. The van der Waals surface area contributed by atoms with Crippen molar-refractivity contribution < 1.29 is 14.3 Å². The molecule has 3 nitrogen and oxygen atoms in total. The number of rotatable bonds is 5. The number of carbonyl (C=O) groups is 1. The van der Waals surface area contributed by atoms with Crippen LogP contribution in [0.5, 0.6) is 5.75 Å². The number of carbonyl (C=O) groups excluding carboxylic acids is 1. The van der Waals surface area contributed by atoms with Crippen LogP contribution < -0.4 is 4.74 Å². The molecule has 1 heterocycles. The Labute approximate surface area is 102 Å². The van der Waals surface area contributed by atoms with E-state index in [2.05, 4.69) is 0 Å². The van der Waals surface area contributed by atoms with Crippen LogP contribution in [0.1, 0.15) is 19.4 Å². The Balaban J connectivity index is 2.09. The van der Waals surface area contributed by atoms with Crippen molar-refractivity contribution in [3.05, 3.63) is 29.8 Å². The van der Waals surface area contributed by atoms with Gasteiger partial charge >= 0.3 is 0 Å². The highest BCUT2D eigenvalue weighted by molar-refractivity contribution is 5.80. The van der Waals surface area contributed by atoms with Crippen LogP contribution >= 0.6 is 0 Å². The lowest BCUT2D eigenvalue weighted by atomic mass is 9.85. The molecule has 0 spiro atoms. The number of hydrogen-bond donors (Lipinski definition) is 0. The zero-order chi connectivity index (χ0) is 12.5. The first kappa shape index (κ1) is 12.1. The summed E-state index contributed by atoms with van der Waals surface area (Å²) >= 11 is 0. The molecule has 3 heteroatoms. The third-order valence-electron chi connectivity index (χ3n) is 3.43. The zero-order valence-corrected chi connectivity index (χ0v) is 10.5. The average molecular weight is 234 g/mol. The minimum absolute atomic E-state index is 0.0455. The molecule has 1 aliphatic rings. The van der Waals surface area contributed by atoms with Gasteiger partial charge in [-0.05, 0) is 38.0 Å². The third kappa shape index (κ3) is 2.67. The summed E-state index contributed by atoms with van der Waals surface area (Å²) < 4.78 is 10.5. The smallest absolute Gasteiger partial charge is 0.136 e. The summed E-state index contributed by atoms with van der Waals surface area (Å²) in [5, 5.41) is 0. The van der Waals surface area contributed by atoms with Crippen molar-refractivity contribution in [1.82, 2.24) is 0 Å². The van der Waals surface area contributed by atoms with Crippen LogP contribution in [0.3, 0.4) is 0 Å². The lowest BCUT2D eigenvalue weighted by Gasteiger charge is -2.18. The van der Waals surface area contributed by atoms with Gasteiger partial charge in [-0.3, -0.25) is 4.79 Å². The van der Waals surface area contributed by atoms with Gasteiger partial charge in [-0.15, -0.1) is 0 Å². The number of benzene rings is 1. The molecule has 1 fully saturated rings. The first-order chi connectivity index (χ1) is 8.05. The number of hydrogen-bond acceptors (Lipinski definition) is 3. The third-order valence-corrected chi connectivity index (χ3v) is 3.43. The minimum Gasteiger partial charge on any atom is -0.497 e. The van der Waals surface area contributed by atoms with E-state index in [0.29, 0.717) is 6.61 Å². The van der Waals surface area contributed by atoms with Crippen molar-refractivity contribution in [2.75, 3.05) is 13.7 Å². The Hall–Kier alpha value is -1.35. The van der Waals surface area contributed by atoms with E-state index in [-0.39, 0.29) is 17.3 Å². The average Bonchev–Trinajstić information content (AvgIpc) is 3.05. The van der Waals surface area contributed by atoms with E-state index >= 15 is 0 Å². The molecular formula is C14H18O3. The summed E-state index contributed by atoms with van der Waals surface area (Å²) in [6.07, 6.45) is 0.732. The molecular weight excluding hydrogens is 216 g/mol. The van der Waals surface area contributed by atoms with Crippen molar-refractivity contribution in [2.24, 2.45) is 5.92 Å². The molecule has 0 N–H and O–H groups in total. The minimum atomic E-state index is -0.244. The largest absolute Gasteiger partial charge is 0.497 e. The van der Waals surface area contributed by atoms with Crippen molar-refractivity contribution in [2.45, 2.75) is 25.9 Å². The lowest BCUT2D eigenvalue weighted by Crippen LogP contribution is -2.29. The van der Waals surface area contributed by atoms with Crippen LogP contribution in [0.15, 0.2) is 24.3 Å². The molecule has 92 valence electrons. The van der Waals surface area contributed by atoms with E-state index in [1.54, 1.807) is 14.0 Å². The van der Waals surface area contributed by atoms with Crippen LogP contribution in [0.4, 0.5) is 0 Å². The number of Topliss-reactive ketones (excluding diaryl/α,β-unsaturated/α-hetero) is 1. The summed E-state index contributed by atoms with van der Waals surface area (Å²) in [7, 11) is 1.65. The van der Waals surface area contributed by atoms with Crippen LogP contribution in [-0.4, -0.2) is 25.1 Å². The predicted molar refractivity (Wildman–Crippen MR) is 65.2 cm³/mol. The van der Waals surface area contributed by atoms with Gasteiger partial charge in [0.15, 0.2) is 0 Å². The van der Waals surface area contributed by atoms with Gasteiger partial charge < -0.3 is 9.47 Å². The molecule has 2 unspecified atom stereocenters. The standard InChI is InChI=1S/C14H18O3/c1-10(15)13(14(2)9-17-14)8-11-4-6-12(16-3)7-5-11/h4-7,13H,8-9H2,1-3H3. The van der Waals surface area contributed by atoms with Gasteiger partial charge in [0.25, 0.3) is 0 Å². The van der Waals surface area contributed by atoms with E-state index < -0.39 is 0 Å². The van der Waals surface area contributed by atoms with Crippen molar-refractivity contribution >= 4 is 5.78 Å². The van der Waals surface area contributed by atoms with Crippen LogP contribution in [0, 0.1) is 5.92 Å². The van der Waals surface area contributed by atoms with E-state index in [4.69, 9.17) is 9.47 Å². The Morgan fingerprint density at radius 2 is 2.06 bits per heavy atom. The fraction of sp³-hybridized carbons (Fsp3) is 0.500. The van der Waals surface area contributed by atoms with Gasteiger partial charge in [-0.2, -0.15) is 0 Å². The number of ether oxygens (including phenoxy) is 2. The highest BCUT2D eigenvalue weighted by atomic mass is 16.6. The molecule has 1 aromatic rings. The highest BCUT2D eigenvalue weighted by Gasteiger charge is 2.48. The number of ketones is 1. The van der Waals surface area contributed by atoms with Gasteiger partial charge in [-0.1, -0.05) is 12.1 Å².